The van der Waals surface area contributed by atoms with E-state index in [4.69, 9.17) is 0 Å². The van der Waals surface area contributed by atoms with Crippen LogP contribution in [0.4, 0.5) is 17.5 Å². The molecule has 0 aliphatic heterocycles. The maximum atomic E-state index is 4.56. The van der Waals surface area contributed by atoms with Gasteiger partial charge >= 0.3 is 0 Å². The summed E-state index contributed by atoms with van der Waals surface area (Å²) >= 11 is 0. The van der Waals surface area contributed by atoms with Crippen molar-refractivity contribution in [3.8, 4) is 0 Å². The van der Waals surface area contributed by atoms with Crippen LogP contribution in [0.3, 0.4) is 0 Å². The van der Waals surface area contributed by atoms with Gasteiger partial charge in [-0.15, -0.1) is 0 Å². The molecule has 2 N–H and O–H groups in total. The Morgan fingerprint density at radius 1 is 1.16 bits per heavy atom. The quantitative estimate of drug-likeness (QED) is 0.857. The van der Waals surface area contributed by atoms with Crippen LogP contribution in [-0.2, 0) is 0 Å². The lowest BCUT2D eigenvalue weighted by Gasteiger charge is -2.10. The van der Waals surface area contributed by atoms with Crippen molar-refractivity contribution in [3.05, 3.63) is 42.1 Å². The van der Waals surface area contributed by atoms with Crippen LogP contribution in [0.25, 0.3) is 0 Å². The number of anilines is 3. The van der Waals surface area contributed by atoms with Gasteiger partial charge in [-0.3, -0.25) is 0 Å². The number of para-hydroxylation sites is 1. The van der Waals surface area contributed by atoms with E-state index < -0.39 is 0 Å². The first-order valence-corrected chi connectivity index (χ1v) is 6.80. The molecule has 0 radical (unpaired) electrons. The third-order valence-corrected chi connectivity index (χ3v) is 3.12. The first-order chi connectivity index (χ1) is 9.35. The van der Waals surface area contributed by atoms with Crippen molar-refractivity contribution in [2.45, 2.75) is 25.7 Å². The largest absolute Gasteiger partial charge is 0.354 e. The SMILES string of the molecule is CCNc1nc(Nc2ccccc2)cc(C2CC2)n1. The Labute approximate surface area is 113 Å². The van der Waals surface area contributed by atoms with Crippen LogP contribution in [0.15, 0.2) is 36.4 Å². The third-order valence-electron chi connectivity index (χ3n) is 3.12. The molecule has 0 saturated heterocycles. The summed E-state index contributed by atoms with van der Waals surface area (Å²) in [6.07, 6.45) is 2.49. The molecular weight excluding hydrogens is 236 g/mol. The Hall–Kier alpha value is -2.10. The Morgan fingerprint density at radius 3 is 2.63 bits per heavy atom. The summed E-state index contributed by atoms with van der Waals surface area (Å²) in [5, 5.41) is 6.53. The minimum atomic E-state index is 0.622. The van der Waals surface area contributed by atoms with Crippen molar-refractivity contribution in [3.63, 3.8) is 0 Å². The molecule has 2 aromatic rings. The fourth-order valence-corrected chi connectivity index (χ4v) is 2.02. The Morgan fingerprint density at radius 2 is 1.95 bits per heavy atom. The van der Waals surface area contributed by atoms with Crippen molar-refractivity contribution in [1.29, 1.82) is 0 Å². The summed E-state index contributed by atoms with van der Waals surface area (Å²) in [5.41, 5.74) is 2.19. The first kappa shape index (κ1) is 12.0. The molecule has 1 aromatic carbocycles. The maximum Gasteiger partial charge on any atom is 0.224 e. The minimum absolute atomic E-state index is 0.622. The molecule has 0 amide bonds. The van der Waals surface area contributed by atoms with Gasteiger partial charge in [0.15, 0.2) is 0 Å². The zero-order valence-electron chi connectivity index (χ0n) is 11.1. The molecule has 1 fully saturated rings. The number of nitrogens with one attached hydrogen (secondary N) is 2. The van der Waals surface area contributed by atoms with Crippen LogP contribution in [0.2, 0.25) is 0 Å². The lowest BCUT2D eigenvalue weighted by atomic mass is 10.2. The minimum Gasteiger partial charge on any atom is -0.354 e. The molecule has 1 saturated carbocycles. The highest BCUT2D eigenvalue weighted by atomic mass is 15.1. The lowest BCUT2D eigenvalue weighted by Crippen LogP contribution is -2.06. The molecule has 0 bridgehead atoms. The number of rotatable bonds is 5. The highest BCUT2D eigenvalue weighted by Crippen LogP contribution is 2.40. The predicted molar refractivity (Wildman–Crippen MR) is 77.9 cm³/mol. The van der Waals surface area contributed by atoms with Gasteiger partial charge in [-0.05, 0) is 31.9 Å². The van der Waals surface area contributed by atoms with Gasteiger partial charge in [0.2, 0.25) is 5.95 Å². The Bertz CT molecular complexity index is 549. The van der Waals surface area contributed by atoms with Crippen molar-refractivity contribution in [2.24, 2.45) is 0 Å². The fourth-order valence-electron chi connectivity index (χ4n) is 2.02. The molecule has 1 heterocycles. The van der Waals surface area contributed by atoms with Gasteiger partial charge in [0.1, 0.15) is 5.82 Å². The number of hydrogen-bond acceptors (Lipinski definition) is 4. The molecule has 4 nitrogen and oxygen atoms in total. The second-order valence-electron chi connectivity index (χ2n) is 4.80. The van der Waals surface area contributed by atoms with E-state index in [2.05, 4.69) is 33.6 Å². The summed E-state index contributed by atoms with van der Waals surface area (Å²) in [5.74, 6) is 2.20. The number of aromatic nitrogens is 2. The number of nitrogens with zero attached hydrogens (tertiary/aromatic N) is 2. The van der Waals surface area contributed by atoms with Crippen molar-refractivity contribution < 1.29 is 0 Å². The van der Waals surface area contributed by atoms with Gasteiger partial charge in [-0.1, -0.05) is 18.2 Å². The summed E-state index contributed by atoms with van der Waals surface area (Å²) in [7, 11) is 0. The Kier molecular flexibility index (Phi) is 3.31. The van der Waals surface area contributed by atoms with Gasteiger partial charge in [0.05, 0.1) is 5.69 Å². The fraction of sp³-hybridized carbons (Fsp3) is 0.333. The maximum absolute atomic E-state index is 4.56. The predicted octanol–water partition coefficient (Wildman–Crippen LogP) is 3.53. The molecule has 1 aliphatic carbocycles. The molecule has 1 aromatic heterocycles. The van der Waals surface area contributed by atoms with Gasteiger partial charge < -0.3 is 10.6 Å². The van der Waals surface area contributed by atoms with E-state index >= 15 is 0 Å². The monoisotopic (exact) mass is 254 g/mol. The average molecular weight is 254 g/mol. The first-order valence-electron chi connectivity index (χ1n) is 6.80. The average Bonchev–Trinajstić information content (AvgIpc) is 3.24. The van der Waals surface area contributed by atoms with Crippen LogP contribution in [-0.4, -0.2) is 16.5 Å². The second-order valence-corrected chi connectivity index (χ2v) is 4.80. The van der Waals surface area contributed by atoms with E-state index in [0.29, 0.717) is 11.9 Å². The van der Waals surface area contributed by atoms with Gasteiger partial charge in [0.25, 0.3) is 0 Å². The normalized spacial score (nSPS) is 14.2. The molecule has 19 heavy (non-hydrogen) atoms. The number of hydrogen-bond donors (Lipinski definition) is 2. The van der Waals surface area contributed by atoms with Crippen molar-refractivity contribution in [1.82, 2.24) is 9.97 Å². The van der Waals surface area contributed by atoms with E-state index in [9.17, 15) is 0 Å². The molecule has 1 aliphatic rings. The molecule has 4 heteroatoms. The summed E-state index contributed by atoms with van der Waals surface area (Å²) in [6.45, 7) is 2.89. The highest BCUT2D eigenvalue weighted by molar-refractivity contribution is 5.57. The second kappa shape index (κ2) is 5.26. The van der Waals surface area contributed by atoms with Gasteiger partial charge in [-0.25, -0.2) is 4.98 Å². The molecule has 0 atom stereocenters. The molecule has 3 rings (SSSR count). The molecule has 98 valence electrons. The lowest BCUT2D eigenvalue weighted by molar-refractivity contribution is 0.978. The zero-order valence-corrected chi connectivity index (χ0v) is 11.1. The molecule has 0 unspecified atom stereocenters. The van der Waals surface area contributed by atoms with E-state index in [1.54, 1.807) is 0 Å². The summed E-state index contributed by atoms with van der Waals surface area (Å²) < 4.78 is 0. The van der Waals surface area contributed by atoms with Crippen molar-refractivity contribution in [2.75, 3.05) is 17.2 Å². The molecule has 0 spiro atoms. The Balaban J connectivity index is 1.86. The zero-order chi connectivity index (χ0) is 13.1. The van der Waals surface area contributed by atoms with Crippen LogP contribution in [0.1, 0.15) is 31.4 Å². The van der Waals surface area contributed by atoms with Crippen molar-refractivity contribution >= 4 is 17.5 Å². The smallest absolute Gasteiger partial charge is 0.224 e. The van der Waals surface area contributed by atoms with Gasteiger partial charge in [0, 0.05) is 24.2 Å². The highest BCUT2D eigenvalue weighted by Gasteiger charge is 2.26. The summed E-state index contributed by atoms with van der Waals surface area (Å²) in [6, 6.07) is 12.2. The topological polar surface area (TPSA) is 49.8 Å². The molecular formula is C15H18N4. The third kappa shape index (κ3) is 3.02. The van der Waals surface area contributed by atoms with E-state index in [0.717, 1.165) is 23.7 Å². The number of benzene rings is 1. The van der Waals surface area contributed by atoms with E-state index in [1.165, 1.54) is 12.8 Å². The summed E-state index contributed by atoms with van der Waals surface area (Å²) in [4.78, 5) is 9.06. The van der Waals surface area contributed by atoms with Crippen LogP contribution in [0.5, 0.6) is 0 Å². The standard InChI is InChI=1S/C15H18N4/c1-2-16-15-18-13(11-8-9-11)10-14(19-15)17-12-6-4-3-5-7-12/h3-7,10-11H,2,8-9H2,1H3,(H2,16,17,18,19). The van der Waals surface area contributed by atoms with Crippen LogP contribution in [0, 0.1) is 0 Å². The van der Waals surface area contributed by atoms with Crippen LogP contribution >= 0.6 is 0 Å². The van der Waals surface area contributed by atoms with E-state index in [1.807, 2.05) is 30.3 Å². The van der Waals surface area contributed by atoms with Crippen LogP contribution < -0.4 is 10.6 Å². The van der Waals surface area contributed by atoms with Gasteiger partial charge in [-0.2, -0.15) is 4.98 Å². The van der Waals surface area contributed by atoms with E-state index in [-0.39, 0.29) is 0 Å².